The van der Waals surface area contributed by atoms with Crippen LogP contribution in [0.3, 0.4) is 0 Å². The molecular formula is C16H19NOS. The summed E-state index contributed by atoms with van der Waals surface area (Å²) in [5.74, 6) is 3.63. The Labute approximate surface area is 118 Å². The van der Waals surface area contributed by atoms with Crippen LogP contribution in [-0.2, 0) is 6.54 Å². The first kappa shape index (κ1) is 12.7. The van der Waals surface area contributed by atoms with Gasteiger partial charge in [0.15, 0.2) is 0 Å². The maximum Gasteiger partial charge on any atom is 0.123 e. The molecule has 0 spiro atoms. The molecule has 1 aliphatic rings. The average molecular weight is 273 g/mol. The van der Waals surface area contributed by atoms with E-state index in [1.54, 1.807) is 11.8 Å². The van der Waals surface area contributed by atoms with Crippen molar-refractivity contribution in [2.45, 2.75) is 30.7 Å². The molecule has 2 aromatic rings. The topological polar surface area (TPSA) is 25.2 Å². The van der Waals surface area contributed by atoms with E-state index >= 15 is 0 Å². The highest BCUT2D eigenvalue weighted by Gasteiger charge is 2.36. The summed E-state index contributed by atoms with van der Waals surface area (Å²) in [5.41, 5.74) is 1.14. The molecule has 19 heavy (non-hydrogen) atoms. The third-order valence-corrected chi connectivity index (χ3v) is 4.42. The highest BCUT2D eigenvalue weighted by atomic mass is 32.2. The van der Waals surface area contributed by atoms with Crippen molar-refractivity contribution in [3.63, 3.8) is 0 Å². The third-order valence-electron chi connectivity index (χ3n) is 3.69. The van der Waals surface area contributed by atoms with Gasteiger partial charge in [-0.1, -0.05) is 13.0 Å². The highest BCUT2D eigenvalue weighted by molar-refractivity contribution is 7.98. The zero-order valence-electron chi connectivity index (χ0n) is 11.3. The van der Waals surface area contributed by atoms with Crippen LogP contribution in [0.1, 0.15) is 30.8 Å². The summed E-state index contributed by atoms with van der Waals surface area (Å²) in [4.78, 5) is 1.27. The largest absolute Gasteiger partial charge is 0.464 e. The Hall–Kier alpha value is -1.35. The molecule has 1 heterocycles. The van der Waals surface area contributed by atoms with Gasteiger partial charge >= 0.3 is 0 Å². The summed E-state index contributed by atoms with van der Waals surface area (Å²) in [7, 11) is 0. The van der Waals surface area contributed by atoms with E-state index < -0.39 is 0 Å². The second-order valence-electron chi connectivity index (χ2n) is 5.21. The molecule has 0 saturated heterocycles. The molecule has 1 N–H and O–H groups in total. The lowest BCUT2D eigenvalue weighted by molar-refractivity contribution is 0.468. The predicted octanol–water partition coefficient (Wildman–Crippen LogP) is 4.74. The first-order valence-corrected chi connectivity index (χ1v) is 7.95. The molecule has 2 atom stereocenters. The lowest BCUT2D eigenvalue weighted by atomic mass is 10.3. The average Bonchev–Trinajstić information content (AvgIpc) is 2.99. The van der Waals surface area contributed by atoms with Crippen LogP contribution in [0, 0.1) is 5.92 Å². The molecule has 100 valence electrons. The normalized spacial score (nSPS) is 21.4. The Kier molecular flexibility index (Phi) is 3.56. The van der Waals surface area contributed by atoms with Crippen molar-refractivity contribution in [2.24, 2.45) is 5.92 Å². The second-order valence-corrected chi connectivity index (χ2v) is 6.09. The van der Waals surface area contributed by atoms with Crippen LogP contribution >= 0.6 is 11.8 Å². The number of thioether (sulfide) groups is 1. The van der Waals surface area contributed by atoms with Crippen molar-refractivity contribution in [1.29, 1.82) is 0 Å². The predicted molar refractivity (Wildman–Crippen MR) is 80.8 cm³/mol. The molecule has 3 rings (SSSR count). The molecule has 1 aromatic carbocycles. The Morgan fingerprint density at radius 2 is 2.16 bits per heavy atom. The fourth-order valence-electron chi connectivity index (χ4n) is 2.33. The van der Waals surface area contributed by atoms with Gasteiger partial charge in [0.2, 0.25) is 0 Å². The maximum absolute atomic E-state index is 5.89. The lowest BCUT2D eigenvalue weighted by Gasteiger charge is -2.05. The number of anilines is 1. The van der Waals surface area contributed by atoms with Crippen LogP contribution in [0.4, 0.5) is 5.69 Å². The Morgan fingerprint density at radius 1 is 1.32 bits per heavy atom. The van der Waals surface area contributed by atoms with Crippen molar-refractivity contribution < 1.29 is 4.42 Å². The molecule has 0 amide bonds. The van der Waals surface area contributed by atoms with E-state index in [4.69, 9.17) is 4.42 Å². The van der Waals surface area contributed by atoms with E-state index in [-0.39, 0.29) is 0 Å². The third kappa shape index (κ3) is 2.98. The quantitative estimate of drug-likeness (QED) is 0.797. The number of rotatable bonds is 5. The molecule has 0 radical (unpaired) electrons. The summed E-state index contributed by atoms with van der Waals surface area (Å²) in [5, 5.41) is 3.41. The van der Waals surface area contributed by atoms with Crippen LogP contribution in [0.2, 0.25) is 0 Å². The fourth-order valence-corrected chi connectivity index (χ4v) is 2.79. The van der Waals surface area contributed by atoms with Gasteiger partial charge < -0.3 is 9.73 Å². The van der Waals surface area contributed by atoms with Crippen LogP contribution in [0.5, 0.6) is 0 Å². The molecule has 2 unspecified atom stereocenters. The molecule has 0 aliphatic heterocycles. The molecule has 1 aromatic heterocycles. The summed E-state index contributed by atoms with van der Waals surface area (Å²) in [6.45, 7) is 3.03. The van der Waals surface area contributed by atoms with E-state index in [0.717, 1.165) is 29.7 Å². The lowest BCUT2D eigenvalue weighted by Crippen LogP contribution is -1.97. The summed E-state index contributed by atoms with van der Waals surface area (Å²) < 4.78 is 5.89. The van der Waals surface area contributed by atoms with Gasteiger partial charge in [0, 0.05) is 16.5 Å². The molecule has 1 aliphatic carbocycles. The van der Waals surface area contributed by atoms with Crippen molar-refractivity contribution in [1.82, 2.24) is 0 Å². The van der Waals surface area contributed by atoms with Gasteiger partial charge in [-0.3, -0.25) is 0 Å². The fraction of sp³-hybridized carbons (Fsp3) is 0.375. The van der Waals surface area contributed by atoms with Gasteiger partial charge in [0.25, 0.3) is 0 Å². The van der Waals surface area contributed by atoms with E-state index in [0.29, 0.717) is 5.92 Å². The van der Waals surface area contributed by atoms with Crippen LogP contribution in [-0.4, -0.2) is 6.26 Å². The van der Waals surface area contributed by atoms with Gasteiger partial charge in [0.05, 0.1) is 6.54 Å². The molecule has 3 heteroatoms. The number of hydrogen-bond acceptors (Lipinski definition) is 3. The van der Waals surface area contributed by atoms with Crippen LogP contribution < -0.4 is 5.32 Å². The summed E-state index contributed by atoms with van der Waals surface area (Å²) in [6, 6.07) is 12.7. The smallest absolute Gasteiger partial charge is 0.123 e. The van der Waals surface area contributed by atoms with E-state index in [2.05, 4.69) is 54.9 Å². The van der Waals surface area contributed by atoms with Crippen molar-refractivity contribution >= 4 is 17.4 Å². The first-order chi connectivity index (χ1) is 9.26. The highest BCUT2D eigenvalue weighted by Crippen LogP contribution is 2.47. The maximum atomic E-state index is 5.89. The van der Waals surface area contributed by atoms with E-state index in [1.165, 1.54) is 11.3 Å². The number of nitrogens with one attached hydrogen (secondary N) is 1. The molecule has 1 saturated carbocycles. The number of benzene rings is 1. The van der Waals surface area contributed by atoms with Gasteiger partial charge in [-0.05, 0) is 48.9 Å². The van der Waals surface area contributed by atoms with E-state index in [1.807, 2.05) is 0 Å². The Morgan fingerprint density at radius 3 is 2.89 bits per heavy atom. The minimum Gasteiger partial charge on any atom is -0.464 e. The molecule has 0 bridgehead atoms. The monoisotopic (exact) mass is 273 g/mol. The van der Waals surface area contributed by atoms with Crippen LogP contribution in [0.15, 0.2) is 45.7 Å². The van der Waals surface area contributed by atoms with Gasteiger partial charge in [-0.25, -0.2) is 0 Å². The SMILES string of the molecule is CSc1cccc(NCc2ccc(C3CC3C)o2)c1. The first-order valence-electron chi connectivity index (χ1n) is 6.73. The molecule has 1 fully saturated rings. The zero-order valence-corrected chi connectivity index (χ0v) is 12.2. The standard InChI is InChI=1S/C16H19NOS/c1-11-8-15(11)16-7-6-13(18-16)10-17-12-4-3-5-14(9-12)19-2/h3-7,9,11,15,17H,8,10H2,1-2H3. The van der Waals surface area contributed by atoms with Gasteiger partial charge in [-0.15, -0.1) is 11.8 Å². The Balaban J connectivity index is 1.60. The molecule has 2 nitrogen and oxygen atoms in total. The zero-order chi connectivity index (χ0) is 13.2. The van der Waals surface area contributed by atoms with Crippen molar-refractivity contribution in [3.8, 4) is 0 Å². The number of hydrogen-bond donors (Lipinski definition) is 1. The van der Waals surface area contributed by atoms with Crippen LogP contribution in [0.25, 0.3) is 0 Å². The van der Waals surface area contributed by atoms with Gasteiger partial charge in [0.1, 0.15) is 11.5 Å². The Bertz CT molecular complexity index is 563. The molecular weight excluding hydrogens is 254 g/mol. The minimum absolute atomic E-state index is 0.661. The minimum atomic E-state index is 0.661. The summed E-state index contributed by atoms with van der Waals surface area (Å²) >= 11 is 1.76. The second kappa shape index (κ2) is 5.33. The van der Waals surface area contributed by atoms with E-state index in [9.17, 15) is 0 Å². The summed E-state index contributed by atoms with van der Waals surface area (Å²) in [6.07, 6.45) is 3.37. The van der Waals surface area contributed by atoms with Crippen molar-refractivity contribution in [3.05, 3.63) is 47.9 Å². The van der Waals surface area contributed by atoms with Gasteiger partial charge in [-0.2, -0.15) is 0 Å². The number of furan rings is 1. The van der Waals surface area contributed by atoms with Crippen molar-refractivity contribution in [2.75, 3.05) is 11.6 Å².